The highest BCUT2D eigenvalue weighted by Crippen LogP contribution is 2.16. The molecular formula is C22H27IN4OS. The summed E-state index contributed by atoms with van der Waals surface area (Å²) < 4.78 is 5.77. The molecule has 0 radical (unpaired) electrons. The zero-order valence-corrected chi connectivity index (χ0v) is 19.9. The first-order valence-electron chi connectivity index (χ1n) is 9.40. The van der Waals surface area contributed by atoms with Gasteiger partial charge in [0.15, 0.2) is 5.96 Å². The number of pyridine rings is 1. The van der Waals surface area contributed by atoms with Crippen molar-refractivity contribution in [3.05, 3.63) is 81.8 Å². The monoisotopic (exact) mass is 522 g/mol. The lowest BCUT2D eigenvalue weighted by Crippen LogP contribution is -2.36. The maximum atomic E-state index is 5.77. The second-order valence-electron chi connectivity index (χ2n) is 6.25. The van der Waals surface area contributed by atoms with Gasteiger partial charge in [0.2, 0.25) is 0 Å². The van der Waals surface area contributed by atoms with Crippen LogP contribution in [0.2, 0.25) is 0 Å². The van der Waals surface area contributed by atoms with E-state index in [2.05, 4.69) is 51.8 Å². The molecule has 0 aliphatic rings. The number of nitrogens with zero attached hydrogens (tertiary/aromatic N) is 2. The molecule has 0 aliphatic carbocycles. The largest absolute Gasteiger partial charge is 0.487 e. The number of nitrogens with one attached hydrogen (secondary N) is 2. The van der Waals surface area contributed by atoms with Gasteiger partial charge in [0.1, 0.15) is 12.4 Å². The minimum absolute atomic E-state index is 0. The third-order valence-corrected chi connectivity index (χ3v) is 5.45. The summed E-state index contributed by atoms with van der Waals surface area (Å²) in [5, 5.41) is 6.71. The number of thiophene rings is 1. The van der Waals surface area contributed by atoms with Gasteiger partial charge in [0, 0.05) is 29.5 Å². The number of aromatic nitrogens is 1. The Bertz CT molecular complexity index is 881. The molecule has 0 bridgehead atoms. The maximum absolute atomic E-state index is 5.77. The van der Waals surface area contributed by atoms with Crippen LogP contribution in [-0.2, 0) is 26.1 Å². The van der Waals surface area contributed by atoms with Crippen LogP contribution in [0.15, 0.2) is 65.8 Å². The van der Waals surface area contributed by atoms with Gasteiger partial charge in [-0.05, 0) is 48.4 Å². The van der Waals surface area contributed by atoms with Gasteiger partial charge >= 0.3 is 0 Å². The van der Waals surface area contributed by atoms with Gasteiger partial charge < -0.3 is 15.4 Å². The molecule has 7 heteroatoms. The summed E-state index contributed by atoms with van der Waals surface area (Å²) in [5.74, 6) is 1.63. The number of hydrogen-bond donors (Lipinski definition) is 2. The molecule has 2 N–H and O–H groups in total. The highest BCUT2D eigenvalue weighted by atomic mass is 127. The van der Waals surface area contributed by atoms with Gasteiger partial charge in [-0.25, -0.2) is 0 Å². The molecule has 0 amide bonds. The number of ether oxygens (including phenoxy) is 1. The minimum atomic E-state index is 0. The van der Waals surface area contributed by atoms with Gasteiger partial charge in [0.25, 0.3) is 0 Å². The molecule has 3 aromatic rings. The van der Waals surface area contributed by atoms with Crippen molar-refractivity contribution in [2.45, 2.75) is 33.0 Å². The molecule has 0 saturated carbocycles. The van der Waals surface area contributed by atoms with Crippen LogP contribution in [0.4, 0.5) is 0 Å². The zero-order chi connectivity index (χ0) is 19.6. The molecule has 29 heavy (non-hydrogen) atoms. The van der Waals surface area contributed by atoms with Crippen LogP contribution in [0.25, 0.3) is 0 Å². The quantitative estimate of drug-likeness (QED) is 0.254. The lowest BCUT2D eigenvalue weighted by Gasteiger charge is -2.12. The Morgan fingerprint density at radius 2 is 1.76 bits per heavy atom. The smallest absolute Gasteiger partial charge is 0.191 e. The van der Waals surface area contributed by atoms with Crippen molar-refractivity contribution < 1.29 is 4.74 Å². The number of benzene rings is 1. The average molecular weight is 522 g/mol. The molecule has 154 valence electrons. The first-order valence-corrected chi connectivity index (χ1v) is 10.2. The zero-order valence-electron chi connectivity index (χ0n) is 16.7. The summed E-state index contributed by atoms with van der Waals surface area (Å²) in [6.07, 6.45) is 2.86. The van der Waals surface area contributed by atoms with Crippen LogP contribution in [0.5, 0.6) is 5.75 Å². The second kappa shape index (κ2) is 12.4. The lowest BCUT2D eigenvalue weighted by atomic mass is 10.2. The van der Waals surface area contributed by atoms with Gasteiger partial charge in [-0.1, -0.05) is 25.1 Å². The van der Waals surface area contributed by atoms with E-state index in [4.69, 9.17) is 4.74 Å². The van der Waals surface area contributed by atoms with Crippen LogP contribution >= 0.6 is 35.3 Å². The van der Waals surface area contributed by atoms with Crippen molar-refractivity contribution in [1.82, 2.24) is 15.6 Å². The Morgan fingerprint density at radius 1 is 1.00 bits per heavy atom. The second-order valence-corrected chi connectivity index (χ2v) is 7.51. The topological polar surface area (TPSA) is 58.5 Å². The summed E-state index contributed by atoms with van der Waals surface area (Å²) in [4.78, 5) is 11.3. The highest BCUT2D eigenvalue weighted by molar-refractivity contribution is 14.0. The van der Waals surface area contributed by atoms with Crippen molar-refractivity contribution >= 4 is 41.3 Å². The summed E-state index contributed by atoms with van der Waals surface area (Å²) in [7, 11) is 1.79. The van der Waals surface area contributed by atoms with Crippen LogP contribution in [0.3, 0.4) is 0 Å². The van der Waals surface area contributed by atoms with E-state index in [1.165, 1.54) is 9.75 Å². The molecule has 1 aromatic carbocycles. The van der Waals surface area contributed by atoms with E-state index in [9.17, 15) is 0 Å². The van der Waals surface area contributed by atoms with Crippen molar-refractivity contribution in [3.63, 3.8) is 0 Å². The molecule has 0 atom stereocenters. The van der Waals surface area contributed by atoms with E-state index < -0.39 is 0 Å². The fourth-order valence-corrected chi connectivity index (χ4v) is 3.53. The molecule has 3 rings (SSSR count). The molecule has 5 nitrogen and oxygen atoms in total. The van der Waals surface area contributed by atoms with Crippen molar-refractivity contribution in [2.24, 2.45) is 4.99 Å². The van der Waals surface area contributed by atoms with Crippen LogP contribution < -0.4 is 15.4 Å². The first-order chi connectivity index (χ1) is 13.8. The lowest BCUT2D eigenvalue weighted by molar-refractivity contribution is 0.301. The Hall–Kier alpha value is -2.13. The van der Waals surface area contributed by atoms with E-state index in [1.54, 1.807) is 13.2 Å². The molecule has 0 aliphatic heterocycles. The summed E-state index contributed by atoms with van der Waals surface area (Å²) in [6, 6.07) is 18.3. The standard InChI is InChI=1S/C22H26N4OS.HI/c1-3-20-11-12-21(28-20)15-26-22(23-2)25-14-17-7-9-19(10-8-17)27-16-18-6-4-5-13-24-18;/h4-13H,3,14-16H2,1-2H3,(H2,23,25,26);1H. The molecule has 0 saturated heterocycles. The Kier molecular flexibility index (Phi) is 9.93. The van der Waals surface area contributed by atoms with E-state index in [0.29, 0.717) is 13.2 Å². The van der Waals surface area contributed by atoms with Crippen LogP contribution in [0.1, 0.15) is 27.9 Å². The number of aliphatic imine (C=N–C) groups is 1. The van der Waals surface area contributed by atoms with Gasteiger partial charge in [-0.2, -0.15) is 0 Å². The van der Waals surface area contributed by atoms with Gasteiger partial charge in [0.05, 0.1) is 12.2 Å². The molecule has 0 unspecified atom stereocenters. The third kappa shape index (κ3) is 7.66. The summed E-state index contributed by atoms with van der Waals surface area (Å²) in [5.41, 5.74) is 2.08. The maximum Gasteiger partial charge on any atom is 0.191 e. The van der Waals surface area contributed by atoms with E-state index in [1.807, 2.05) is 41.7 Å². The molecule has 2 aromatic heterocycles. The van der Waals surface area contributed by atoms with Crippen LogP contribution in [-0.4, -0.2) is 18.0 Å². The predicted molar refractivity (Wildman–Crippen MR) is 131 cm³/mol. The number of halogens is 1. The van der Waals surface area contributed by atoms with Crippen molar-refractivity contribution in [2.75, 3.05) is 7.05 Å². The van der Waals surface area contributed by atoms with Crippen molar-refractivity contribution in [1.29, 1.82) is 0 Å². The Balaban J connectivity index is 0.00000300. The number of rotatable bonds is 8. The SMILES string of the molecule is CCc1ccc(CNC(=NC)NCc2ccc(OCc3ccccn3)cc2)s1.I. The van der Waals surface area contributed by atoms with Crippen molar-refractivity contribution in [3.8, 4) is 5.75 Å². The summed E-state index contributed by atoms with van der Waals surface area (Å²) >= 11 is 1.84. The normalized spacial score (nSPS) is 10.9. The van der Waals surface area contributed by atoms with E-state index in [0.717, 1.165) is 35.9 Å². The molecule has 2 heterocycles. The molecule has 0 spiro atoms. The van der Waals surface area contributed by atoms with Gasteiger partial charge in [-0.15, -0.1) is 35.3 Å². The molecule has 0 fully saturated rings. The predicted octanol–water partition coefficient (Wildman–Crippen LogP) is 4.77. The third-order valence-electron chi connectivity index (χ3n) is 4.22. The summed E-state index contributed by atoms with van der Waals surface area (Å²) in [6.45, 7) is 4.13. The number of aryl methyl sites for hydroxylation is 1. The van der Waals surface area contributed by atoms with Gasteiger partial charge in [-0.3, -0.25) is 9.98 Å². The number of guanidine groups is 1. The highest BCUT2D eigenvalue weighted by Gasteiger charge is 2.02. The first kappa shape index (κ1) is 23.2. The fraction of sp³-hybridized carbons (Fsp3) is 0.273. The Morgan fingerprint density at radius 3 is 2.41 bits per heavy atom. The molecular weight excluding hydrogens is 495 g/mol. The average Bonchev–Trinajstić information content (AvgIpc) is 3.22. The van der Waals surface area contributed by atoms with Crippen LogP contribution in [0, 0.1) is 0 Å². The minimum Gasteiger partial charge on any atom is -0.487 e. The number of hydrogen-bond acceptors (Lipinski definition) is 4. The fourth-order valence-electron chi connectivity index (χ4n) is 2.63. The van der Waals surface area contributed by atoms with E-state index in [-0.39, 0.29) is 24.0 Å². The Labute approximate surface area is 193 Å². The van der Waals surface area contributed by atoms with E-state index >= 15 is 0 Å².